The van der Waals surface area contributed by atoms with Crippen molar-refractivity contribution in [2.45, 2.75) is 0 Å². The molecule has 30 rings (SSSR count). The van der Waals surface area contributed by atoms with Crippen molar-refractivity contribution in [1.29, 1.82) is 0 Å². The lowest BCUT2D eigenvalue weighted by molar-refractivity contribution is 0.669. The van der Waals surface area contributed by atoms with Crippen molar-refractivity contribution in [1.82, 2.24) is 44.9 Å². The van der Waals surface area contributed by atoms with Crippen LogP contribution in [-0.2, 0) is 0 Å². The molecular formula is C129H78N12O2S. The van der Waals surface area contributed by atoms with Crippen molar-refractivity contribution < 1.29 is 22.5 Å². The summed E-state index contributed by atoms with van der Waals surface area (Å²) in [4.78, 5) is 51.0. The Balaban J connectivity index is 0.000000110. The Morgan fingerprint density at radius 2 is 0.500 bits per heavy atom. The molecule has 0 unspecified atom stereocenters. The highest BCUT2D eigenvalue weighted by Crippen LogP contribution is 2.56. The molecule has 3 aliphatic rings. The number of aromatic nitrogens is 9. The molecule has 3 aliphatic heterocycles. The van der Waals surface area contributed by atoms with Gasteiger partial charge in [0.15, 0.2) is 52.4 Å². The van der Waals surface area contributed by atoms with E-state index in [-0.39, 0.29) is 46.5 Å². The van der Waals surface area contributed by atoms with Crippen LogP contribution in [0.25, 0.3) is 232 Å². The first-order valence-corrected chi connectivity index (χ1v) is 48.1. The van der Waals surface area contributed by atoms with Crippen LogP contribution in [0.2, 0.25) is 0 Å². The summed E-state index contributed by atoms with van der Waals surface area (Å²) < 4.78 is 99.8. The number of furan rings is 2. The third-order valence-corrected chi connectivity index (χ3v) is 28.3. The molecule has 0 bridgehead atoms. The lowest BCUT2D eigenvalue weighted by atomic mass is 9.91. The van der Waals surface area contributed by atoms with Gasteiger partial charge in [0.05, 0.1) is 59.0 Å². The van der Waals surface area contributed by atoms with Gasteiger partial charge in [0.25, 0.3) is 0 Å². The first-order valence-electron chi connectivity index (χ1n) is 52.3. The van der Waals surface area contributed by atoms with Gasteiger partial charge in [-0.15, -0.1) is 11.3 Å². The highest BCUT2D eigenvalue weighted by atomic mass is 32.1. The molecular weight excluding hydrogens is 1780 g/mol. The number of fused-ring (bicyclic) bond motifs is 15. The minimum atomic E-state index is -0.489. The minimum absolute atomic E-state index is 0.00996. The molecule has 0 saturated heterocycles. The number of benzene rings is 21. The molecule has 144 heavy (non-hydrogen) atoms. The Morgan fingerprint density at radius 1 is 0.194 bits per heavy atom. The molecule has 672 valence electrons. The zero-order valence-electron chi connectivity index (χ0n) is 86.4. The van der Waals surface area contributed by atoms with Crippen LogP contribution < -0.4 is 14.7 Å². The fraction of sp³-hybridized carbons (Fsp3) is 0. The van der Waals surface area contributed by atoms with E-state index in [1.54, 1.807) is 11.3 Å². The maximum absolute atomic E-state index is 8.78. The third-order valence-electron chi connectivity index (χ3n) is 27.1. The van der Waals surface area contributed by atoms with Crippen LogP contribution in [0, 0.1) is 0 Å². The Bertz CT molecular complexity index is 10500. The van der Waals surface area contributed by atoms with Gasteiger partial charge in [-0.3, -0.25) is 0 Å². The number of rotatable bonds is 12. The molecule has 0 N–H and O–H groups in total. The second-order valence-corrected chi connectivity index (χ2v) is 36.5. The molecule has 0 saturated carbocycles. The number of anilines is 9. The van der Waals surface area contributed by atoms with E-state index < -0.39 is 48.3 Å². The van der Waals surface area contributed by atoms with Crippen LogP contribution in [0.3, 0.4) is 0 Å². The summed E-state index contributed by atoms with van der Waals surface area (Å²) in [7, 11) is 0. The molecule has 6 aromatic heterocycles. The van der Waals surface area contributed by atoms with E-state index in [2.05, 4.69) is 245 Å². The second kappa shape index (κ2) is 34.4. The first-order chi connectivity index (χ1) is 75.5. The van der Waals surface area contributed by atoms with Gasteiger partial charge in [0, 0.05) is 131 Å². The van der Waals surface area contributed by atoms with E-state index in [1.807, 2.05) is 182 Å². The highest BCUT2D eigenvalue weighted by molar-refractivity contribution is 7.25. The van der Waals surface area contributed by atoms with Crippen molar-refractivity contribution in [3.8, 4) is 136 Å². The van der Waals surface area contributed by atoms with Crippen LogP contribution >= 0.6 is 11.3 Å². The molecule has 14 nitrogen and oxygen atoms in total. The van der Waals surface area contributed by atoms with Crippen LogP contribution in [0.15, 0.2) is 482 Å². The number of para-hydroxylation sites is 7. The fourth-order valence-electron chi connectivity index (χ4n) is 20.7. The number of hydrogen-bond donors (Lipinski definition) is 0. The molecule has 15 heteroatoms. The van der Waals surface area contributed by atoms with Crippen LogP contribution in [0.5, 0.6) is 0 Å². The molecule has 0 amide bonds. The van der Waals surface area contributed by atoms with Gasteiger partial charge in [-0.1, -0.05) is 339 Å². The Labute approximate surface area is 844 Å². The van der Waals surface area contributed by atoms with Crippen LogP contribution in [0.4, 0.5) is 51.2 Å². The SMILES string of the molecule is [2H]c1c([2H])c([2H])c(-c2nc(-c3ccc(N4c5ccccc5-c5cccc6cccc4c56)cc3)nc(-c3ccc4c(c3)sc3ccccc34)n2)c([2H])c1[2H].[2H]c1c([2H])c([2H])c(-c2nc(-c3cccc(N4c5ccccc5-c5cccc6cccc4c56)c3)nc(-c3cccc4c3oc3ccccc34)n2)c([2H])c1[2H].c1ccc(-c2nc(-c3ccc(N4c5ccccc5-c5cccc6cccc4c56)cc3)nc(-c3cccc4c3oc3ccccc34)n2)cc1. The van der Waals surface area contributed by atoms with Gasteiger partial charge < -0.3 is 23.5 Å². The van der Waals surface area contributed by atoms with Crippen molar-refractivity contribution in [2.75, 3.05) is 14.7 Å². The average molecular weight is 1870 g/mol. The number of thiophene rings is 1. The normalized spacial score (nSPS) is 13.1. The second-order valence-electron chi connectivity index (χ2n) is 35.4. The maximum Gasteiger partial charge on any atom is 0.167 e. The van der Waals surface area contributed by atoms with Crippen LogP contribution in [0.1, 0.15) is 13.7 Å². The zero-order chi connectivity index (χ0) is 104. The van der Waals surface area contributed by atoms with E-state index in [1.165, 1.54) is 59.6 Å². The highest BCUT2D eigenvalue weighted by Gasteiger charge is 2.32. The third kappa shape index (κ3) is 14.2. The molecule has 0 spiro atoms. The van der Waals surface area contributed by atoms with Crippen molar-refractivity contribution >= 4 is 159 Å². The summed E-state index contributed by atoms with van der Waals surface area (Å²) in [5.41, 5.74) is 24.6. The summed E-state index contributed by atoms with van der Waals surface area (Å²) >= 11 is 1.68. The van der Waals surface area contributed by atoms with Gasteiger partial charge in [0.1, 0.15) is 22.3 Å². The van der Waals surface area contributed by atoms with E-state index in [0.29, 0.717) is 57.0 Å². The van der Waals surface area contributed by atoms with E-state index in [0.717, 1.165) is 132 Å². The van der Waals surface area contributed by atoms with Crippen molar-refractivity contribution in [3.05, 3.63) is 473 Å². The minimum Gasteiger partial charge on any atom is -0.455 e. The maximum atomic E-state index is 8.78. The Morgan fingerprint density at radius 3 is 0.958 bits per heavy atom. The molecule has 0 atom stereocenters. The smallest absolute Gasteiger partial charge is 0.167 e. The average Bonchev–Trinajstić information content (AvgIpc) is 0.947. The molecule has 0 aliphatic carbocycles. The zero-order valence-corrected chi connectivity index (χ0v) is 77.2. The molecule has 0 fully saturated rings. The Kier molecular flexibility index (Phi) is 17.4. The van der Waals surface area contributed by atoms with Crippen LogP contribution in [-0.4, -0.2) is 44.9 Å². The lowest BCUT2D eigenvalue weighted by Crippen LogP contribution is -2.15. The van der Waals surface area contributed by atoms with Crippen molar-refractivity contribution in [2.24, 2.45) is 0 Å². The largest absolute Gasteiger partial charge is 0.455 e. The molecule has 0 radical (unpaired) electrons. The topological polar surface area (TPSA) is 152 Å². The van der Waals surface area contributed by atoms with E-state index in [4.69, 9.17) is 67.4 Å². The van der Waals surface area contributed by atoms with Gasteiger partial charge in [0.2, 0.25) is 0 Å². The fourth-order valence-corrected chi connectivity index (χ4v) is 21.8. The van der Waals surface area contributed by atoms with E-state index >= 15 is 0 Å². The predicted octanol–water partition coefficient (Wildman–Crippen LogP) is 34.6. The summed E-state index contributed by atoms with van der Waals surface area (Å²) in [6.07, 6.45) is 0. The number of nitrogens with zero attached hydrogens (tertiary/aromatic N) is 12. The lowest BCUT2D eigenvalue weighted by Gasteiger charge is -2.33. The Hall–Kier alpha value is -19.4. The quantitative estimate of drug-likeness (QED) is 0.114. The molecule has 27 aromatic rings. The summed E-state index contributed by atoms with van der Waals surface area (Å²) in [5, 5.41) is 13.4. The van der Waals surface area contributed by atoms with Gasteiger partial charge >= 0.3 is 0 Å². The molecule has 9 heterocycles. The number of hydrogen-bond acceptors (Lipinski definition) is 15. The van der Waals surface area contributed by atoms with Gasteiger partial charge in [-0.2, -0.15) is 0 Å². The summed E-state index contributed by atoms with van der Waals surface area (Å²) in [5.74, 6) is 2.94. The standard InChI is InChI=1S/2C43H26N4O.C43H26N4S/c1-2-12-28(13-3-1)41-44-42(46-43(45-41)35-22-11-21-34-32-19-5-7-25-38(32)48-40(34)35)29-16-8-17-30(26-29)47-36-23-6-4-18-31(36)33-20-9-14-27-15-10-24-37(47)39(27)33;1-2-11-28(12-3-1)41-44-42(46-43(45-41)35-19-10-18-34-32-16-5-7-22-38(32)48-40(34)35)29-23-25-30(26-24-29)47-36-20-6-4-15-31(36)33-17-8-13-27-14-9-21-37(47)39(27)33;1-2-10-28(11-3-1)41-44-42(46-43(45-41)30-22-25-34-33-15-5-7-19-38(33)48-39(34)26-30)29-20-23-31(24-21-29)47-36-17-6-4-14-32(36)35-16-8-12-27-13-9-18-37(47)40(27)35/h3*1-26H/i1D,2D,3D,12D,13D;;1D,2D,3D,10D,11D. The predicted molar refractivity (Wildman–Crippen MR) is 589 cm³/mol. The first kappa shape index (κ1) is 72.9. The molecule has 21 aromatic carbocycles. The van der Waals surface area contributed by atoms with Crippen molar-refractivity contribution in [3.63, 3.8) is 0 Å². The summed E-state index contributed by atoms with van der Waals surface area (Å²) in [6.45, 7) is 0. The van der Waals surface area contributed by atoms with E-state index in [9.17, 15) is 0 Å². The van der Waals surface area contributed by atoms with Gasteiger partial charge in [-0.05, 0) is 166 Å². The summed E-state index contributed by atoms with van der Waals surface area (Å²) in [6, 6.07) is 136. The monoisotopic (exact) mass is 1870 g/mol. The van der Waals surface area contributed by atoms with Gasteiger partial charge in [-0.25, -0.2) is 44.9 Å².